The van der Waals surface area contributed by atoms with Gasteiger partial charge in [-0.15, -0.1) is 11.3 Å². The lowest BCUT2D eigenvalue weighted by Crippen LogP contribution is -2.31. The number of thiophene rings is 1. The molecular weight excluding hydrogens is 328 g/mol. The van der Waals surface area contributed by atoms with E-state index in [9.17, 15) is 0 Å². The molecule has 4 heterocycles. The molecule has 0 spiro atoms. The fraction of sp³-hybridized carbons (Fsp3) is 0.200. The van der Waals surface area contributed by atoms with Gasteiger partial charge in [0.1, 0.15) is 0 Å². The average Bonchev–Trinajstić information content (AvgIpc) is 3.32. The van der Waals surface area contributed by atoms with E-state index in [0.717, 1.165) is 36.8 Å². The van der Waals surface area contributed by atoms with Crippen molar-refractivity contribution in [2.24, 2.45) is 0 Å². The lowest BCUT2D eigenvalue weighted by Gasteiger charge is -2.27. The molecule has 1 N–H and O–H groups in total. The van der Waals surface area contributed by atoms with Crippen molar-refractivity contribution in [3.8, 4) is 10.7 Å². The second-order valence-electron chi connectivity index (χ2n) is 6.46. The zero-order valence-corrected chi connectivity index (χ0v) is 14.6. The number of hydrogen-bond acceptors (Lipinski definition) is 4. The highest BCUT2D eigenvalue weighted by Gasteiger charge is 2.20. The van der Waals surface area contributed by atoms with Crippen LogP contribution in [0.15, 0.2) is 54.2 Å². The summed E-state index contributed by atoms with van der Waals surface area (Å²) in [6.45, 7) is 2.88. The lowest BCUT2D eigenvalue weighted by molar-refractivity contribution is 0.242. The molecule has 3 aromatic heterocycles. The third-order valence-corrected chi connectivity index (χ3v) is 5.70. The minimum Gasteiger partial charge on any atom is -0.361 e. The number of nitrogens with zero attached hydrogens (tertiary/aromatic N) is 3. The van der Waals surface area contributed by atoms with Crippen LogP contribution in [0.2, 0.25) is 0 Å². The van der Waals surface area contributed by atoms with Crippen LogP contribution in [-0.4, -0.2) is 26.4 Å². The van der Waals surface area contributed by atoms with Gasteiger partial charge >= 0.3 is 0 Å². The van der Waals surface area contributed by atoms with E-state index in [4.69, 9.17) is 4.98 Å². The summed E-state index contributed by atoms with van der Waals surface area (Å²) in [6, 6.07) is 12.6. The molecule has 0 radical (unpaired) electrons. The molecule has 0 amide bonds. The van der Waals surface area contributed by atoms with E-state index in [1.165, 1.54) is 27.7 Å². The van der Waals surface area contributed by atoms with Gasteiger partial charge in [0.15, 0.2) is 5.82 Å². The Balaban J connectivity index is 1.41. The highest BCUT2D eigenvalue weighted by atomic mass is 32.1. The van der Waals surface area contributed by atoms with Crippen LogP contribution in [0.25, 0.3) is 21.6 Å². The van der Waals surface area contributed by atoms with E-state index in [0.29, 0.717) is 0 Å². The van der Waals surface area contributed by atoms with Crippen LogP contribution in [0, 0.1) is 0 Å². The molecular formula is C20H18N4S. The first-order valence-electron chi connectivity index (χ1n) is 8.53. The first-order chi connectivity index (χ1) is 12.4. The summed E-state index contributed by atoms with van der Waals surface area (Å²) in [6.07, 6.45) is 5.17. The van der Waals surface area contributed by atoms with Crippen molar-refractivity contribution >= 4 is 22.2 Å². The molecule has 4 aromatic rings. The van der Waals surface area contributed by atoms with Crippen molar-refractivity contribution in [1.82, 2.24) is 19.9 Å². The van der Waals surface area contributed by atoms with E-state index >= 15 is 0 Å². The molecule has 1 aliphatic heterocycles. The number of H-pyrrole nitrogens is 1. The van der Waals surface area contributed by atoms with E-state index < -0.39 is 0 Å². The Bertz CT molecular complexity index is 1020. The van der Waals surface area contributed by atoms with Gasteiger partial charge in [-0.1, -0.05) is 24.3 Å². The van der Waals surface area contributed by atoms with Gasteiger partial charge in [-0.05, 0) is 35.1 Å². The van der Waals surface area contributed by atoms with Crippen molar-refractivity contribution in [1.29, 1.82) is 0 Å². The average molecular weight is 346 g/mol. The molecule has 1 aliphatic rings. The summed E-state index contributed by atoms with van der Waals surface area (Å²) in [5.74, 6) is 0.850. The van der Waals surface area contributed by atoms with Crippen LogP contribution in [-0.2, 0) is 19.5 Å². The van der Waals surface area contributed by atoms with Gasteiger partial charge < -0.3 is 4.98 Å². The first-order valence-corrected chi connectivity index (χ1v) is 9.41. The van der Waals surface area contributed by atoms with Gasteiger partial charge in [0.2, 0.25) is 0 Å². The van der Waals surface area contributed by atoms with E-state index in [1.54, 1.807) is 11.3 Å². The molecule has 1 aromatic carbocycles. The van der Waals surface area contributed by atoms with Crippen molar-refractivity contribution in [3.63, 3.8) is 0 Å². The number of benzene rings is 1. The molecule has 0 atom stereocenters. The molecule has 124 valence electrons. The van der Waals surface area contributed by atoms with Crippen LogP contribution in [0.4, 0.5) is 0 Å². The predicted molar refractivity (Wildman–Crippen MR) is 101 cm³/mol. The number of aromatic nitrogens is 3. The van der Waals surface area contributed by atoms with Gasteiger partial charge in [0.25, 0.3) is 0 Å². The Morgan fingerprint density at radius 2 is 2.12 bits per heavy atom. The van der Waals surface area contributed by atoms with Crippen LogP contribution < -0.4 is 0 Å². The Labute approximate surface area is 150 Å². The molecule has 0 fully saturated rings. The largest absolute Gasteiger partial charge is 0.361 e. The van der Waals surface area contributed by atoms with E-state index in [-0.39, 0.29) is 0 Å². The summed E-state index contributed by atoms with van der Waals surface area (Å²) in [7, 11) is 0. The van der Waals surface area contributed by atoms with Crippen molar-refractivity contribution < 1.29 is 0 Å². The topological polar surface area (TPSA) is 44.8 Å². The van der Waals surface area contributed by atoms with Crippen molar-refractivity contribution in [2.75, 3.05) is 6.54 Å². The summed E-state index contributed by atoms with van der Waals surface area (Å²) in [5.41, 5.74) is 5.02. The third-order valence-electron chi connectivity index (χ3n) is 4.84. The van der Waals surface area contributed by atoms with Gasteiger partial charge in [-0.25, -0.2) is 9.97 Å². The predicted octanol–water partition coefficient (Wildman–Crippen LogP) is 4.24. The fourth-order valence-corrected chi connectivity index (χ4v) is 4.18. The smallest absolute Gasteiger partial charge is 0.169 e. The molecule has 0 bridgehead atoms. The van der Waals surface area contributed by atoms with Gasteiger partial charge in [0, 0.05) is 42.9 Å². The van der Waals surface area contributed by atoms with Crippen LogP contribution >= 0.6 is 11.3 Å². The number of para-hydroxylation sites is 1. The van der Waals surface area contributed by atoms with Gasteiger partial charge in [-0.2, -0.15) is 0 Å². The Kier molecular flexibility index (Phi) is 3.61. The maximum atomic E-state index is 4.85. The monoisotopic (exact) mass is 346 g/mol. The van der Waals surface area contributed by atoms with Crippen LogP contribution in [0.5, 0.6) is 0 Å². The number of aromatic amines is 1. The molecule has 5 heteroatoms. The van der Waals surface area contributed by atoms with Crippen LogP contribution in [0.3, 0.4) is 0 Å². The summed E-state index contributed by atoms with van der Waals surface area (Å²) in [4.78, 5) is 16.4. The fourth-order valence-electron chi connectivity index (χ4n) is 3.52. The number of nitrogens with one attached hydrogen (secondary N) is 1. The Morgan fingerprint density at radius 1 is 1.16 bits per heavy atom. The highest BCUT2D eigenvalue weighted by molar-refractivity contribution is 7.13. The minimum atomic E-state index is 0.850. The van der Waals surface area contributed by atoms with Gasteiger partial charge in [0.05, 0.1) is 10.6 Å². The molecule has 0 aliphatic carbocycles. The summed E-state index contributed by atoms with van der Waals surface area (Å²) >= 11 is 1.69. The quantitative estimate of drug-likeness (QED) is 0.603. The number of hydrogen-bond donors (Lipinski definition) is 1. The number of fused-ring (bicyclic) bond motifs is 2. The zero-order chi connectivity index (χ0) is 16.6. The van der Waals surface area contributed by atoms with Crippen LogP contribution in [0.1, 0.15) is 16.8 Å². The van der Waals surface area contributed by atoms with Crippen molar-refractivity contribution in [3.05, 3.63) is 71.0 Å². The van der Waals surface area contributed by atoms with E-state index in [2.05, 4.69) is 56.8 Å². The Morgan fingerprint density at radius 3 is 3.04 bits per heavy atom. The number of rotatable bonds is 3. The normalized spacial score (nSPS) is 14.7. The zero-order valence-electron chi connectivity index (χ0n) is 13.8. The molecule has 4 nitrogen and oxygen atoms in total. The molecule has 0 unspecified atom stereocenters. The second-order valence-corrected chi connectivity index (χ2v) is 7.41. The third kappa shape index (κ3) is 2.75. The maximum Gasteiger partial charge on any atom is 0.169 e. The summed E-state index contributed by atoms with van der Waals surface area (Å²) in [5, 5.41) is 3.39. The standard InChI is InChI=1S/C20H18N4S/c1-2-5-17-16(4-1)15(11-21-17)12-24-8-7-14-10-22-20(23-18(14)13-24)19-6-3-9-25-19/h1-6,9-11,21H,7-8,12-13H2. The minimum absolute atomic E-state index is 0.850. The summed E-state index contributed by atoms with van der Waals surface area (Å²) < 4.78 is 0. The lowest BCUT2D eigenvalue weighted by atomic mass is 10.1. The molecule has 0 saturated heterocycles. The van der Waals surface area contributed by atoms with E-state index in [1.807, 2.05) is 12.3 Å². The SMILES string of the molecule is c1csc(-c2ncc3c(n2)CN(Cc2c[nH]c4ccccc24)CC3)c1. The van der Waals surface area contributed by atoms with Crippen molar-refractivity contribution in [2.45, 2.75) is 19.5 Å². The highest BCUT2D eigenvalue weighted by Crippen LogP contribution is 2.26. The molecule has 25 heavy (non-hydrogen) atoms. The molecule has 0 saturated carbocycles. The second kappa shape index (κ2) is 6.10. The molecule has 5 rings (SSSR count). The maximum absolute atomic E-state index is 4.85. The first kappa shape index (κ1) is 14.8. The van der Waals surface area contributed by atoms with Gasteiger partial charge in [-0.3, -0.25) is 4.90 Å². The Hall–Kier alpha value is -2.50.